The topological polar surface area (TPSA) is 35.3 Å². The molecule has 6 heteroatoms. The summed E-state index contributed by atoms with van der Waals surface area (Å²) in [5, 5.41) is 2.36. The van der Waals surface area contributed by atoms with Crippen molar-refractivity contribution in [1.82, 2.24) is 4.98 Å². The zero-order valence-corrected chi connectivity index (χ0v) is 27.0. The van der Waals surface area contributed by atoms with Gasteiger partial charge in [0.25, 0.3) is 5.22 Å². The monoisotopic (exact) mass is 571 g/mol. The Hall–Kier alpha value is -0.753. The summed E-state index contributed by atoms with van der Waals surface area (Å²) in [5.41, 5.74) is 4.16. The third-order valence-electron chi connectivity index (χ3n) is 11.8. The van der Waals surface area contributed by atoms with Crippen molar-refractivity contribution in [2.24, 2.45) is 28.6 Å². The lowest BCUT2D eigenvalue weighted by Gasteiger charge is -2.58. The largest absolute Gasteiger partial charge is 0.431 e. The van der Waals surface area contributed by atoms with E-state index in [1.165, 1.54) is 44.9 Å². The number of allylic oxidation sites excluding steroid dienone is 1. The lowest BCUT2D eigenvalue weighted by Crippen LogP contribution is -2.52. The number of hydrogen-bond acceptors (Lipinski definition) is 4. The minimum absolute atomic E-state index is 0.273. The zero-order valence-electron chi connectivity index (χ0n) is 24.4. The second-order valence-corrected chi connectivity index (χ2v) is 21.2. The fourth-order valence-electron chi connectivity index (χ4n) is 8.52. The highest BCUT2D eigenvalue weighted by Crippen LogP contribution is 2.67. The van der Waals surface area contributed by atoms with E-state index < -0.39 is 8.32 Å². The predicted molar refractivity (Wildman–Crippen MR) is 162 cm³/mol. The molecule has 0 aliphatic heterocycles. The molecule has 6 rings (SSSR count). The van der Waals surface area contributed by atoms with Crippen LogP contribution in [-0.4, -0.2) is 24.7 Å². The van der Waals surface area contributed by atoms with Crippen LogP contribution in [0.25, 0.3) is 11.1 Å². The highest BCUT2D eigenvalue weighted by atomic mass is 35.5. The van der Waals surface area contributed by atoms with Crippen LogP contribution in [0.15, 0.2) is 39.5 Å². The van der Waals surface area contributed by atoms with E-state index in [4.69, 9.17) is 25.4 Å². The quantitative estimate of drug-likeness (QED) is 0.270. The molecule has 0 spiro atoms. The Kier molecular flexibility index (Phi) is 6.78. The number of fused-ring (bicyclic) bond motifs is 6. The number of halogens is 1. The summed E-state index contributed by atoms with van der Waals surface area (Å²) < 4.78 is 13.1. The Morgan fingerprint density at radius 1 is 1.08 bits per heavy atom. The SMILES string of the molecule is CC(C)(C)[Si](C)(C)O[C@H]1CC[C@@]2(C)C(=CC[C@@H]3[C@@H]4CC[C@H](Sc5nc6ccc(Cl)cc6o5)[C@@]4(C)CC[C@@H]32)C1. The van der Waals surface area contributed by atoms with Crippen molar-refractivity contribution in [3.8, 4) is 0 Å². The standard InChI is InChI=1S/C32H46ClNO2SSi/c1-30(2,3)38(6,7)36-22-14-16-31(4)20(18-22)8-10-23-24-11-13-28(32(24,5)17-15-25(23)31)37-29-34-26-12-9-21(33)19-27(26)35-29/h8-9,12,19,22-25,28H,10-11,13-18H2,1-7H3/t22-,23+,24-,25-,28-,31-,32-/m0/s1. The van der Waals surface area contributed by atoms with Crippen LogP contribution in [0.4, 0.5) is 0 Å². The summed E-state index contributed by atoms with van der Waals surface area (Å²) in [6, 6.07) is 5.75. The number of thioether (sulfide) groups is 1. The lowest BCUT2D eigenvalue weighted by molar-refractivity contribution is -0.0334. The molecule has 0 amide bonds. The summed E-state index contributed by atoms with van der Waals surface area (Å²) in [7, 11) is -1.74. The van der Waals surface area contributed by atoms with Crippen molar-refractivity contribution < 1.29 is 8.84 Å². The fraction of sp³-hybridized carbons (Fsp3) is 0.719. The smallest absolute Gasteiger partial charge is 0.257 e. The summed E-state index contributed by atoms with van der Waals surface area (Å²) in [6.45, 7) is 17.1. The molecule has 3 fully saturated rings. The van der Waals surface area contributed by atoms with Gasteiger partial charge in [0.15, 0.2) is 13.9 Å². The van der Waals surface area contributed by atoms with Crippen molar-refractivity contribution in [2.45, 2.75) is 121 Å². The average Bonchev–Trinajstić information content (AvgIpc) is 3.38. The molecule has 208 valence electrons. The third kappa shape index (κ3) is 4.46. The Morgan fingerprint density at radius 2 is 1.87 bits per heavy atom. The molecule has 0 bridgehead atoms. The summed E-state index contributed by atoms with van der Waals surface area (Å²) >= 11 is 8.07. The minimum atomic E-state index is -1.74. The molecular weight excluding hydrogens is 526 g/mol. The molecule has 3 nitrogen and oxygen atoms in total. The zero-order chi connectivity index (χ0) is 27.1. The first-order valence-corrected chi connectivity index (χ1v) is 19.1. The molecule has 0 saturated heterocycles. The number of nitrogens with zero attached hydrogens (tertiary/aromatic N) is 1. The van der Waals surface area contributed by atoms with Gasteiger partial charge in [-0.1, -0.05) is 69.6 Å². The molecule has 4 aliphatic rings. The van der Waals surface area contributed by atoms with Gasteiger partial charge < -0.3 is 8.84 Å². The minimum Gasteiger partial charge on any atom is -0.431 e. The van der Waals surface area contributed by atoms with Crippen LogP contribution >= 0.6 is 23.4 Å². The first-order valence-electron chi connectivity index (χ1n) is 14.9. The molecule has 3 saturated carbocycles. The third-order valence-corrected chi connectivity index (χ3v) is 18.0. The highest BCUT2D eigenvalue weighted by molar-refractivity contribution is 7.99. The van der Waals surface area contributed by atoms with Gasteiger partial charge in [0, 0.05) is 22.4 Å². The number of aromatic nitrogens is 1. The van der Waals surface area contributed by atoms with Gasteiger partial charge in [-0.05, 0) is 110 Å². The normalized spacial score (nSPS) is 37.5. The van der Waals surface area contributed by atoms with E-state index in [0.717, 1.165) is 40.5 Å². The molecule has 0 N–H and O–H groups in total. The van der Waals surface area contributed by atoms with E-state index in [2.05, 4.69) is 53.8 Å². The van der Waals surface area contributed by atoms with Crippen molar-refractivity contribution in [3.05, 3.63) is 34.9 Å². The lowest BCUT2D eigenvalue weighted by atomic mass is 9.48. The van der Waals surface area contributed by atoms with Crippen molar-refractivity contribution in [3.63, 3.8) is 0 Å². The van der Waals surface area contributed by atoms with E-state index in [0.29, 0.717) is 27.2 Å². The molecule has 0 radical (unpaired) electrons. The molecule has 7 atom stereocenters. The van der Waals surface area contributed by atoms with Gasteiger partial charge in [0.05, 0.1) is 0 Å². The van der Waals surface area contributed by atoms with Crippen LogP contribution in [0.5, 0.6) is 0 Å². The number of oxazole rings is 1. The molecule has 1 heterocycles. The maximum Gasteiger partial charge on any atom is 0.257 e. The highest BCUT2D eigenvalue weighted by Gasteiger charge is 2.59. The van der Waals surface area contributed by atoms with Crippen LogP contribution in [-0.2, 0) is 4.43 Å². The first-order chi connectivity index (χ1) is 17.8. The predicted octanol–water partition coefficient (Wildman–Crippen LogP) is 10.3. The van der Waals surface area contributed by atoms with Crippen LogP contribution < -0.4 is 0 Å². The van der Waals surface area contributed by atoms with Gasteiger partial charge in [-0.3, -0.25) is 0 Å². The molecular formula is C32H46ClNO2SSi. The van der Waals surface area contributed by atoms with E-state index in [9.17, 15) is 0 Å². The Labute approximate surface area is 240 Å². The number of hydrogen-bond donors (Lipinski definition) is 0. The van der Waals surface area contributed by atoms with Crippen LogP contribution in [0, 0.1) is 28.6 Å². The maximum absolute atomic E-state index is 6.93. The van der Waals surface area contributed by atoms with Crippen LogP contribution in [0.3, 0.4) is 0 Å². The molecule has 1 aromatic heterocycles. The van der Waals surface area contributed by atoms with E-state index in [-0.39, 0.29) is 5.04 Å². The van der Waals surface area contributed by atoms with Gasteiger partial charge in [0.2, 0.25) is 0 Å². The van der Waals surface area contributed by atoms with Gasteiger partial charge in [-0.15, -0.1) is 0 Å². The Morgan fingerprint density at radius 3 is 2.63 bits per heavy atom. The van der Waals surface area contributed by atoms with E-state index in [1.54, 1.807) is 5.57 Å². The molecule has 2 aromatic rings. The second kappa shape index (κ2) is 9.39. The van der Waals surface area contributed by atoms with Gasteiger partial charge in [0.1, 0.15) is 5.52 Å². The summed E-state index contributed by atoms with van der Waals surface area (Å²) in [6.07, 6.45) is 13.4. The maximum atomic E-state index is 6.93. The first kappa shape index (κ1) is 27.4. The molecule has 1 aromatic carbocycles. The molecule has 0 unspecified atom stereocenters. The molecule has 38 heavy (non-hydrogen) atoms. The fourth-order valence-corrected chi connectivity index (χ4v) is 11.4. The Bertz CT molecular complexity index is 1250. The van der Waals surface area contributed by atoms with Crippen molar-refractivity contribution in [1.29, 1.82) is 0 Å². The number of benzene rings is 1. The summed E-state index contributed by atoms with van der Waals surface area (Å²) in [4.78, 5) is 4.80. The second-order valence-electron chi connectivity index (χ2n) is 14.8. The number of rotatable bonds is 4. The van der Waals surface area contributed by atoms with Crippen molar-refractivity contribution in [2.75, 3.05) is 0 Å². The van der Waals surface area contributed by atoms with Crippen LogP contribution in [0.1, 0.15) is 86.0 Å². The summed E-state index contributed by atoms with van der Waals surface area (Å²) in [5.74, 6) is 2.44. The van der Waals surface area contributed by atoms with Gasteiger partial charge in [-0.2, -0.15) is 0 Å². The van der Waals surface area contributed by atoms with Gasteiger partial charge in [-0.25, -0.2) is 4.98 Å². The molecule has 4 aliphatic carbocycles. The van der Waals surface area contributed by atoms with Crippen molar-refractivity contribution >= 4 is 42.8 Å². The average molecular weight is 572 g/mol. The van der Waals surface area contributed by atoms with E-state index >= 15 is 0 Å². The van der Waals surface area contributed by atoms with Gasteiger partial charge >= 0.3 is 0 Å². The Balaban J connectivity index is 1.18. The van der Waals surface area contributed by atoms with Crippen LogP contribution in [0.2, 0.25) is 23.2 Å². The van der Waals surface area contributed by atoms with E-state index in [1.807, 2.05) is 30.0 Å².